The standard InChI is InChI=1S/C16H21N3O/c20-15-6-4-14(5-7-15)16-17-8-11-19(16)13-12-18-9-2-1-3-10-18/h4-8,11,20H,1-3,9-10,12-13H2. The average molecular weight is 271 g/mol. The van der Waals surface area contributed by atoms with Gasteiger partial charge in [-0.15, -0.1) is 0 Å². The topological polar surface area (TPSA) is 41.3 Å². The third-order valence-electron chi connectivity index (χ3n) is 3.95. The molecule has 0 amide bonds. The van der Waals surface area contributed by atoms with Crippen LogP contribution in [0, 0.1) is 0 Å². The third kappa shape index (κ3) is 3.02. The van der Waals surface area contributed by atoms with Gasteiger partial charge in [0.25, 0.3) is 0 Å². The average Bonchev–Trinajstić information content (AvgIpc) is 2.95. The number of benzene rings is 1. The number of likely N-dealkylation sites (tertiary alicyclic amines) is 1. The first-order chi connectivity index (χ1) is 9.83. The molecule has 1 aliphatic heterocycles. The zero-order chi connectivity index (χ0) is 13.8. The van der Waals surface area contributed by atoms with Gasteiger partial charge in [-0.05, 0) is 50.2 Å². The van der Waals surface area contributed by atoms with Crippen LogP contribution in [0.4, 0.5) is 0 Å². The van der Waals surface area contributed by atoms with E-state index in [-0.39, 0.29) is 0 Å². The Hall–Kier alpha value is -1.81. The van der Waals surface area contributed by atoms with Crippen molar-refractivity contribution in [2.75, 3.05) is 19.6 Å². The van der Waals surface area contributed by atoms with E-state index in [1.54, 1.807) is 12.1 Å². The summed E-state index contributed by atoms with van der Waals surface area (Å²) in [6.45, 7) is 4.50. The minimum Gasteiger partial charge on any atom is -0.508 e. The predicted octanol–water partition coefficient (Wildman–Crippen LogP) is 2.74. The molecule has 106 valence electrons. The van der Waals surface area contributed by atoms with E-state index < -0.39 is 0 Å². The van der Waals surface area contributed by atoms with Crippen molar-refractivity contribution in [3.63, 3.8) is 0 Å². The Morgan fingerprint density at radius 1 is 1.00 bits per heavy atom. The first-order valence-corrected chi connectivity index (χ1v) is 7.36. The smallest absolute Gasteiger partial charge is 0.139 e. The molecule has 1 aliphatic rings. The fourth-order valence-corrected chi connectivity index (χ4v) is 2.79. The number of piperidine rings is 1. The number of aromatic nitrogens is 2. The number of imidazole rings is 1. The molecule has 3 rings (SSSR count). The molecule has 1 aromatic heterocycles. The molecule has 0 atom stereocenters. The van der Waals surface area contributed by atoms with Gasteiger partial charge in [-0.3, -0.25) is 0 Å². The van der Waals surface area contributed by atoms with Gasteiger partial charge in [-0.1, -0.05) is 6.42 Å². The molecule has 0 bridgehead atoms. The molecule has 1 fully saturated rings. The molecule has 1 N–H and O–H groups in total. The molecular weight excluding hydrogens is 250 g/mol. The summed E-state index contributed by atoms with van der Waals surface area (Å²) in [5, 5.41) is 9.36. The van der Waals surface area contributed by atoms with Crippen molar-refractivity contribution in [2.24, 2.45) is 0 Å². The molecule has 0 aliphatic carbocycles. The van der Waals surface area contributed by atoms with Crippen LogP contribution in [0.3, 0.4) is 0 Å². The van der Waals surface area contributed by atoms with Gasteiger partial charge >= 0.3 is 0 Å². The molecular formula is C16H21N3O. The van der Waals surface area contributed by atoms with Crippen LogP contribution in [-0.4, -0.2) is 39.2 Å². The van der Waals surface area contributed by atoms with E-state index in [0.717, 1.165) is 24.5 Å². The molecule has 1 saturated heterocycles. The van der Waals surface area contributed by atoms with Crippen LogP contribution in [0.1, 0.15) is 19.3 Å². The summed E-state index contributed by atoms with van der Waals surface area (Å²) in [5.74, 6) is 1.27. The molecule has 2 aromatic rings. The Balaban J connectivity index is 1.68. The Morgan fingerprint density at radius 2 is 1.75 bits per heavy atom. The van der Waals surface area contributed by atoms with Crippen molar-refractivity contribution in [3.8, 4) is 17.1 Å². The van der Waals surface area contributed by atoms with E-state index in [9.17, 15) is 5.11 Å². The number of nitrogens with zero attached hydrogens (tertiary/aromatic N) is 3. The van der Waals surface area contributed by atoms with E-state index in [1.807, 2.05) is 24.5 Å². The van der Waals surface area contributed by atoms with Crippen molar-refractivity contribution in [2.45, 2.75) is 25.8 Å². The summed E-state index contributed by atoms with van der Waals surface area (Å²) in [6, 6.07) is 7.24. The first-order valence-electron chi connectivity index (χ1n) is 7.36. The van der Waals surface area contributed by atoms with Gasteiger partial charge in [-0.2, -0.15) is 0 Å². The van der Waals surface area contributed by atoms with Gasteiger partial charge in [0.15, 0.2) is 0 Å². The van der Waals surface area contributed by atoms with Gasteiger partial charge in [0.2, 0.25) is 0 Å². The lowest BCUT2D eigenvalue weighted by molar-refractivity contribution is 0.221. The second kappa shape index (κ2) is 6.09. The highest BCUT2D eigenvalue weighted by Gasteiger charge is 2.11. The number of hydrogen-bond acceptors (Lipinski definition) is 3. The SMILES string of the molecule is Oc1ccc(-c2nccn2CCN2CCCCC2)cc1. The molecule has 1 aromatic carbocycles. The van der Waals surface area contributed by atoms with Crippen molar-refractivity contribution >= 4 is 0 Å². The summed E-state index contributed by atoms with van der Waals surface area (Å²) >= 11 is 0. The van der Waals surface area contributed by atoms with E-state index in [4.69, 9.17) is 0 Å². The normalized spacial score (nSPS) is 16.4. The van der Waals surface area contributed by atoms with Crippen LogP contribution in [0.5, 0.6) is 5.75 Å². The van der Waals surface area contributed by atoms with Crippen LogP contribution in [-0.2, 0) is 6.54 Å². The summed E-state index contributed by atoms with van der Waals surface area (Å²) in [6.07, 6.45) is 7.91. The third-order valence-corrected chi connectivity index (χ3v) is 3.95. The maximum Gasteiger partial charge on any atom is 0.139 e. The van der Waals surface area contributed by atoms with Crippen LogP contribution < -0.4 is 0 Å². The van der Waals surface area contributed by atoms with Gasteiger partial charge in [0, 0.05) is 31.0 Å². The summed E-state index contributed by atoms with van der Waals surface area (Å²) < 4.78 is 2.20. The van der Waals surface area contributed by atoms with Crippen molar-refractivity contribution in [1.29, 1.82) is 0 Å². The summed E-state index contributed by atoms with van der Waals surface area (Å²) in [5.41, 5.74) is 1.05. The predicted molar refractivity (Wildman–Crippen MR) is 79.6 cm³/mol. The molecule has 0 spiro atoms. The Kier molecular flexibility index (Phi) is 4.02. The number of rotatable bonds is 4. The maximum atomic E-state index is 9.36. The number of phenols is 1. The number of phenolic OH excluding ortho intramolecular Hbond substituents is 1. The zero-order valence-corrected chi connectivity index (χ0v) is 11.7. The fraction of sp³-hybridized carbons (Fsp3) is 0.438. The fourth-order valence-electron chi connectivity index (χ4n) is 2.79. The molecule has 0 radical (unpaired) electrons. The highest BCUT2D eigenvalue weighted by Crippen LogP contribution is 2.20. The Labute approximate surface area is 119 Å². The minimum atomic E-state index is 0.292. The number of hydrogen-bond donors (Lipinski definition) is 1. The molecule has 0 saturated carbocycles. The largest absolute Gasteiger partial charge is 0.508 e. The van der Waals surface area contributed by atoms with E-state index in [1.165, 1.54) is 32.4 Å². The summed E-state index contributed by atoms with van der Waals surface area (Å²) in [7, 11) is 0. The second-order valence-electron chi connectivity index (χ2n) is 5.39. The second-order valence-corrected chi connectivity index (χ2v) is 5.39. The van der Waals surface area contributed by atoms with Gasteiger partial charge < -0.3 is 14.6 Å². The van der Waals surface area contributed by atoms with Crippen molar-refractivity contribution in [3.05, 3.63) is 36.7 Å². The highest BCUT2D eigenvalue weighted by molar-refractivity contribution is 5.56. The Morgan fingerprint density at radius 3 is 2.50 bits per heavy atom. The molecule has 4 heteroatoms. The lowest BCUT2D eigenvalue weighted by atomic mass is 10.1. The Bertz CT molecular complexity index is 541. The monoisotopic (exact) mass is 271 g/mol. The van der Waals surface area contributed by atoms with Gasteiger partial charge in [0.1, 0.15) is 11.6 Å². The van der Waals surface area contributed by atoms with E-state index in [0.29, 0.717) is 5.75 Å². The summed E-state index contributed by atoms with van der Waals surface area (Å²) in [4.78, 5) is 6.97. The van der Waals surface area contributed by atoms with Crippen LogP contribution in [0.25, 0.3) is 11.4 Å². The quantitative estimate of drug-likeness (QED) is 0.929. The van der Waals surface area contributed by atoms with E-state index in [2.05, 4.69) is 14.5 Å². The molecule has 2 heterocycles. The van der Waals surface area contributed by atoms with Crippen molar-refractivity contribution < 1.29 is 5.11 Å². The number of aromatic hydroxyl groups is 1. The minimum absolute atomic E-state index is 0.292. The van der Waals surface area contributed by atoms with Crippen molar-refractivity contribution in [1.82, 2.24) is 14.5 Å². The molecule has 20 heavy (non-hydrogen) atoms. The maximum absolute atomic E-state index is 9.36. The van der Waals surface area contributed by atoms with E-state index >= 15 is 0 Å². The highest BCUT2D eigenvalue weighted by atomic mass is 16.3. The molecule has 0 unspecified atom stereocenters. The van der Waals surface area contributed by atoms with Crippen LogP contribution >= 0.6 is 0 Å². The van der Waals surface area contributed by atoms with Crippen LogP contribution in [0.2, 0.25) is 0 Å². The zero-order valence-electron chi connectivity index (χ0n) is 11.7. The van der Waals surface area contributed by atoms with Crippen LogP contribution in [0.15, 0.2) is 36.7 Å². The lowest BCUT2D eigenvalue weighted by Gasteiger charge is -2.26. The molecule has 4 nitrogen and oxygen atoms in total. The first kappa shape index (κ1) is 13.2. The van der Waals surface area contributed by atoms with Gasteiger partial charge in [-0.25, -0.2) is 4.98 Å². The van der Waals surface area contributed by atoms with Gasteiger partial charge in [0.05, 0.1) is 0 Å². The lowest BCUT2D eigenvalue weighted by Crippen LogP contribution is -2.32.